The van der Waals surface area contributed by atoms with E-state index in [1.165, 1.54) is 11.8 Å². The summed E-state index contributed by atoms with van der Waals surface area (Å²) in [7, 11) is 1.57. The van der Waals surface area contributed by atoms with Gasteiger partial charge in [-0.25, -0.2) is 4.98 Å². The fraction of sp³-hybridized carbons (Fsp3) is 0.160. The van der Waals surface area contributed by atoms with Gasteiger partial charge in [0.2, 0.25) is 5.91 Å². The maximum absolute atomic E-state index is 12.5. The number of imidazole rings is 1. The SMILES string of the molecule is COc1ccc(C)cc1NC(=O)CSc1nccn1-c1ccc(C(=O)NCc2cccs2)cc1. The first-order valence-electron chi connectivity index (χ1n) is 10.5. The lowest BCUT2D eigenvalue weighted by Gasteiger charge is -2.11. The average molecular weight is 493 g/mol. The highest BCUT2D eigenvalue weighted by molar-refractivity contribution is 7.99. The highest BCUT2D eigenvalue weighted by atomic mass is 32.2. The Morgan fingerprint density at radius 1 is 1.15 bits per heavy atom. The van der Waals surface area contributed by atoms with Gasteiger partial charge in [-0.1, -0.05) is 23.9 Å². The summed E-state index contributed by atoms with van der Waals surface area (Å²) in [6, 6.07) is 16.9. The quantitative estimate of drug-likeness (QED) is 0.324. The Morgan fingerprint density at radius 2 is 1.97 bits per heavy atom. The van der Waals surface area contributed by atoms with Crippen LogP contribution in [-0.4, -0.2) is 34.2 Å². The van der Waals surface area contributed by atoms with Gasteiger partial charge in [0.25, 0.3) is 5.91 Å². The van der Waals surface area contributed by atoms with Crippen LogP contribution in [0.3, 0.4) is 0 Å². The minimum absolute atomic E-state index is 0.122. The molecule has 0 radical (unpaired) electrons. The highest BCUT2D eigenvalue weighted by Crippen LogP contribution is 2.26. The lowest BCUT2D eigenvalue weighted by molar-refractivity contribution is -0.113. The predicted molar refractivity (Wildman–Crippen MR) is 136 cm³/mol. The molecule has 0 bridgehead atoms. The van der Waals surface area contributed by atoms with Crippen molar-refractivity contribution in [2.45, 2.75) is 18.6 Å². The molecular weight excluding hydrogens is 468 g/mol. The van der Waals surface area contributed by atoms with E-state index in [1.807, 2.05) is 65.5 Å². The standard InChI is InChI=1S/C25H24N4O3S2/c1-17-5-10-22(32-2)21(14-17)28-23(30)16-34-25-26-11-12-29(25)19-8-6-18(7-9-19)24(31)27-15-20-4-3-13-33-20/h3-14H,15-16H2,1-2H3,(H,27,31)(H,28,30). The zero-order valence-corrected chi connectivity index (χ0v) is 20.4. The Morgan fingerprint density at radius 3 is 2.71 bits per heavy atom. The summed E-state index contributed by atoms with van der Waals surface area (Å²) in [5.41, 5.74) is 3.11. The van der Waals surface area contributed by atoms with Crippen LogP contribution in [0.25, 0.3) is 5.69 Å². The molecule has 174 valence electrons. The van der Waals surface area contributed by atoms with Crippen molar-refractivity contribution in [3.8, 4) is 11.4 Å². The summed E-state index contributed by atoms with van der Waals surface area (Å²) in [6.07, 6.45) is 3.52. The monoisotopic (exact) mass is 492 g/mol. The number of nitrogens with one attached hydrogen (secondary N) is 2. The molecule has 2 amide bonds. The molecule has 0 aliphatic rings. The summed E-state index contributed by atoms with van der Waals surface area (Å²) < 4.78 is 7.21. The molecule has 0 spiro atoms. The summed E-state index contributed by atoms with van der Waals surface area (Å²) in [5.74, 6) is 0.534. The van der Waals surface area contributed by atoms with Gasteiger partial charge in [0.15, 0.2) is 5.16 Å². The number of benzene rings is 2. The number of hydrogen-bond donors (Lipinski definition) is 2. The maximum Gasteiger partial charge on any atom is 0.251 e. The second kappa shape index (κ2) is 11.0. The molecule has 0 saturated carbocycles. The fourth-order valence-corrected chi connectivity index (χ4v) is 4.70. The molecular formula is C25H24N4O3S2. The smallest absolute Gasteiger partial charge is 0.251 e. The summed E-state index contributed by atoms with van der Waals surface area (Å²) in [6.45, 7) is 2.47. The molecule has 9 heteroatoms. The number of methoxy groups -OCH3 is 1. The van der Waals surface area contributed by atoms with Crippen LogP contribution in [0, 0.1) is 6.92 Å². The van der Waals surface area contributed by atoms with Crippen LogP contribution in [0.4, 0.5) is 5.69 Å². The number of nitrogens with zero attached hydrogens (tertiary/aromatic N) is 2. The third-order valence-corrected chi connectivity index (χ3v) is 6.82. The molecule has 2 aromatic heterocycles. The van der Waals surface area contributed by atoms with Crippen molar-refractivity contribution in [2.75, 3.05) is 18.2 Å². The number of thiophene rings is 1. The van der Waals surface area contributed by atoms with E-state index in [2.05, 4.69) is 15.6 Å². The Balaban J connectivity index is 1.36. The van der Waals surface area contributed by atoms with Crippen molar-refractivity contribution in [3.63, 3.8) is 0 Å². The third-order valence-electron chi connectivity index (χ3n) is 4.98. The van der Waals surface area contributed by atoms with E-state index in [0.29, 0.717) is 28.7 Å². The van der Waals surface area contributed by atoms with Gasteiger partial charge >= 0.3 is 0 Å². The van der Waals surface area contributed by atoms with E-state index in [4.69, 9.17) is 4.74 Å². The van der Waals surface area contributed by atoms with Gasteiger partial charge in [0.05, 0.1) is 25.1 Å². The molecule has 4 rings (SSSR count). The first-order chi connectivity index (χ1) is 16.5. The summed E-state index contributed by atoms with van der Waals surface area (Å²) >= 11 is 2.94. The Labute approximate surface area is 206 Å². The van der Waals surface area contributed by atoms with Crippen LogP contribution in [0.2, 0.25) is 0 Å². The van der Waals surface area contributed by atoms with Crippen molar-refractivity contribution >= 4 is 40.6 Å². The van der Waals surface area contributed by atoms with Gasteiger partial charge < -0.3 is 15.4 Å². The van der Waals surface area contributed by atoms with Crippen LogP contribution in [0.5, 0.6) is 5.75 Å². The highest BCUT2D eigenvalue weighted by Gasteiger charge is 2.12. The zero-order chi connectivity index (χ0) is 23.9. The molecule has 0 saturated heterocycles. The number of amides is 2. The Bertz CT molecular complexity index is 1270. The Kier molecular flexibility index (Phi) is 7.66. The second-order valence-electron chi connectivity index (χ2n) is 7.43. The third kappa shape index (κ3) is 5.86. The number of aryl methyl sites for hydroxylation is 1. The van der Waals surface area contributed by atoms with Crippen LogP contribution < -0.4 is 15.4 Å². The first-order valence-corrected chi connectivity index (χ1v) is 12.4. The number of thioether (sulfide) groups is 1. The van der Waals surface area contributed by atoms with Gasteiger partial charge in [-0.05, 0) is 60.3 Å². The summed E-state index contributed by atoms with van der Waals surface area (Å²) in [5, 5.41) is 8.49. The largest absolute Gasteiger partial charge is 0.495 e. The number of carbonyl (C=O) groups is 2. The van der Waals surface area contributed by atoms with Crippen LogP contribution in [0.15, 0.2) is 77.5 Å². The molecule has 34 heavy (non-hydrogen) atoms. The normalized spacial score (nSPS) is 10.6. The number of carbonyl (C=O) groups excluding carboxylic acids is 2. The van der Waals surface area contributed by atoms with E-state index < -0.39 is 0 Å². The van der Waals surface area contributed by atoms with Crippen molar-refractivity contribution in [1.82, 2.24) is 14.9 Å². The molecule has 0 aliphatic heterocycles. The molecule has 0 fully saturated rings. The fourth-order valence-electron chi connectivity index (χ4n) is 3.28. The maximum atomic E-state index is 12.5. The lowest BCUT2D eigenvalue weighted by Crippen LogP contribution is -2.22. The molecule has 0 unspecified atom stereocenters. The Hall–Kier alpha value is -3.56. The van der Waals surface area contributed by atoms with Crippen LogP contribution in [-0.2, 0) is 11.3 Å². The van der Waals surface area contributed by atoms with Gasteiger partial charge in [-0.15, -0.1) is 11.3 Å². The van der Waals surface area contributed by atoms with Gasteiger partial charge in [0.1, 0.15) is 5.75 Å². The second-order valence-corrected chi connectivity index (χ2v) is 9.40. The van der Waals surface area contributed by atoms with E-state index in [-0.39, 0.29) is 17.6 Å². The van der Waals surface area contributed by atoms with Crippen molar-refractivity contribution < 1.29 is 14.3 Å². The molecule has 0 atom stereocenters. The average Bonchev–Trinajstić information content (AvgIpc) is 3.54. The van der Waals surface area contributed by atoms with Crippen molar-refractivity contribution in [2.24, 2.45) is 0 Å². The minimum atomic E-state index is -0.152. The number of hydrogen-bond acceptors (Lipinski definition) is 6. The number of ether oxygens (including phenoxy) is 1. The van der Waals surface area contributed by atoms with Crippen molar-refractivity contribution in [1.29, 1.82) is 0 Å². The van der Waals surface area contributed by atoms with Gasteiger partial charge in [0, 0.05) is 28.5 Å². The van der Waals surface area contributed by atoms with Gasteiger partial charge in [-0.3, -0.25) is 14.2 Å². The van der Waals surface area contributed by atoms with Crippen LogP contribution >= 0.6 is 23.1 Å². The van der Waals surface area contributed by atoms with E-state index in [0.717, 1.165) is 16.1 Å². The zero-order valence-electron chi connectivity index (χ0n) is 18.8. The topological polar surface area (TPSA) is 85.2 Å². The molecule has 4 aromatic rings. The molecule has 7 nitrogen and oxygen atoms in total. The van der Waals surface area contributed by atoms with Gasteiger partial charge in [-0.2, -0.15) is 0 Å². The summed E-state index contributed by atoms with van der Waals surface area (Å²) in [4.78, 5) is 30.4. The molecule has 2 aromatic carbocycles. The number of aromatic nitrogens is 2. The molecule has 2 heterocycles. The first kappa shape index (κ1) is 23.6. The number of anilines is 1. The minimum Gasteiger partial charge on any atom is -0.495 e. The lowest BCUT2D eigenvalue weighted by atomic mass is 10.2. The van der Waals surface area contributed by atoms with E-state index in [9.17, 15) is 9.59 Å². The predicted octanol–water partition coefficient (Wildman–Crippen LogP) is 4.91. The van der Waals surface area contributed by atoms with E-state index in [1.54, 1.807) is 36.8 Å². The number of rotatable bonds is 9. The molecule has 0 aliphatic carbocycles. The van der Waals surface area contributed by atoms with E-state index >= 15 is 0 Å². The molecule has 2 N–H and O–H groups in total. The van der Waals surface area contributed by atoms with Crippen LogP contribution in [0.1, 0.15) is 20.8 Å². The van der Waals surface area contributed by atoms with Crippen molar-refractivity contribution in [3.05, 3.63) is 88.4 Å².